The Hall–Kier alpha value is -1.66. The van der Waals surface area contributed by atoms with Gasteiger partial charge in [0.15, 0.2) is 0 Å². The summed E-state index contributed by atoms with van der Waals surface area (Å²) in [5.74, 6) is -0.0475. The molecular weight excluding hydrogens is 887 g/mol. The molecule has 0 aromatic rings. The lowest BCUT2D eigenvalue weighted by Gasteiger charge is -2.20. The van der Waals surface area contributed by atoms with E-state index in [0.29, 0.717) is 19.4 Å². The molecule has 0 aliphatic carbocycles. The number of ether oxygens (including phenoxy) is 1. The molecule has 0 heterocycles. The van der Waals surface area contributed by atoms with E-state index in [0.717, 1.165) is 38.5 Å². The monoisotopic (exact) mass is 1010 g/mol. The first-order chi connectivity index (χ1) is 35.5. The molecule has 0 aromatic heterocycles. The van der Waals surface area contributed by atoms with Crippen LogP contribution in [0.2, 0.25) is 0 Å². The van der Waals surface area contributed by atoms with Crippen LogP contribution in [0, 0.1) is 0 Å². The van der Waals surface area contributed by atoms with Crippen LogP contribution in [0.4, 0.5) is 0 Å². The lowest BCUT2D eigenvalue weighted by molar-refractivity contribution is -0.143. The van der Waals surface area contributed by atoms with Gasteiger partial charge in [0.05, 0.1) is 25.4 Å². The summed E-state index contributed by atoms with van der Waals surface area (Å²) in [6.07, 6.45) is 76.8. The number of unbranched alkanes of at least 4 members (excludes halogenated alkanes) is 48. The van der Waals surface area contributed by atoms with Crippen molar-refractivity contribution < 1.29 is 24.5 Å². The number of carbonyl (C=O) groups is 2. The Labute approximate surface area is 450 Å². The van der Waals surface area contributed by atoms with Gasteiger partial charge in [-0.3, -0.25) is 9.59 Å². The first-order valence-electron chi connectivity index (χ1n) is 32.6. The second-order valence-electron chi connectivity index (χ2n) is 22.5. The fourth-order valence-corrected chi connectivity index (χ4v) is 10.2. The van der Waals surface area contributed by atoms with Gasteiger partial charge in [0.25, 0.3) is 0 Å². The van der Waals surface area contributed by atoms with Gasteiger partial charge in [-0.25, -0.2) is 0 Å². The second-order valence-corrected chi connectivity index (χ2v) is 22.5. The number of carbonyl (C=O) groups excluding carboxylic acids is 2. The van der Waals surface area contributed by atoms with Crippen LogP contribution in [-0.4, -0.2) is 47.4 Å². The largest absolute Gasteiger partial charge is 0.466 e. The number of allylic oxidation sites excluding steroid dienone is 3. The number of aliphatic hydroxyl groups excluding tert-OH is 2. The molecule has 3 N–H and O–H groups in total. The Morgan fingerprint density at radius 3 is 0.986 bits per heavy atom. The van der Waals surface area contributed by atoms with Crippen LogP contribution < -0.4 is 5.32 Å². The summed E-state index contributed by atoms with van der Waals surface area (Å²) in [6, 6.07) is -0.624. The molecule has 6 nitrogen and oxygen atoms in total. The Kier molecular flexibility index (Phi) is 60.5. The van der Waals surface area contributed by atoms with Crippen LogP contribution >= 0.6 is 0 Å². The molecule has 0 spiro atoms. The molecule has 0 fully saturated rings. The molecule has 0 aromatic carbocycles. The fraction of sp³-hybridized carbons (Fsp3) is 0.909. The molecule has 72 heavy (non-hydrogen) atoms. The summed E-state index contributed by atoms with van der Waals surface area (Å²) in [5, 5.41) is 23.0. The minimum Gasteiger partial charge on any atom is -0.466 e. The number of esters is 1. The van der Waals surface area contributed by atoms with Crippen molar-refractivity contribution in [2.75, 3.05) is 13.2 Å². The zero-order valence-corrected chi connectivity index (χ0v) is 48.7. The molecule has 0 aliphatic heterocycles. The van der Waals surface area contributed by atoms with E-state index in [1.165, 1.54) is 295 Å². The third kappa shape index (κ3) is 57.6. The Balaban J connectivity index is 3.33. The molecule has 0 saturated heterocycles. The number of hydrogen-bond acceptors (Lipinski definition) is 5. The zero-order valence-electron chi connectivity index (χ0n) is 48.7. The molecule has 6 heteroatoms. The Bertz CT molecular complexity index is 1120. The highest BCUT2D eigenvalue weighted by Gasteiger charge is 2.18. The van der Waals surface area contributed by atoms with E-state index in [-0.39, 0.29) is 18.5 Å². The van der Waals surface area contributed by atoms with E-state index in [9.17, 15) is 19.8 Å². The van der Waals surface area contributed by atoms with Crippen LogP contribution in [0.3, 0.4) is 0 Å². The predicted molar refractivity (Wildman–Crippen MR) is 315 cm³/mol. The lowest BCUT2D eigenvalue weighted by Crippen LogP contribution is -2.45. The molecule has 0 radical (unpaired) electrons. The minimum absolute atomic E-state index is 0.0205. The highest BCUT2D eigenvalue weighted by molar-refractivity contribution is 5.76. The van der Waals surface area contributed by atoms with Gasteiger partial charge in [-0.15, -0.1) is 0 Å². The van der Waals surface area contributed by atoms with E-state index < -0.39 is 12.1 Å². The molecule has 426 valence electrons. The van der Waals surface area contributed by atoms with Gasteiger partial charge in [-0.2, -0.15) is 0 Å². The molecule has 0 bridgehead atoms. The molecule has 0 aliphatic rings. The van der Waals surface area contributed by atoms with Crippen molar-refractivity contribution in [3.05, 3.63) is 24.3 Å². The van der Waals surface area contributed by atoms with Crippen LogP contribution in [0.1, 0.15) is 361 Å². The van der Waals surface area contributed by atoms with E-state index in [4.69, 9.17) is 4.74 Å². The third-order valence-corrected chi connectivity index (χ3v) is 15.2. The average molecular weight is 1010 g/mol. The van der Waals surface area contributed by atoms with E-state index in [1.807, 2.05) is 6.08 Å². The Morgan fingerprint density at radius 1 is 0.375 bits per heavy atom. The van der Waals surface area contributed by atoms with Crippen molar-refractivity contribution >= 4 is 11.9 Å². The highest BCUT2D eigenvalue weighted by atomic mass is 16.5. The van der Waals surface area contributed by atoms with Gasteiger partial charge in [0, 0.05) is 12.8 Å². The van der Waals surface area contributed by atoms with Crippen LogP contribution in [0.15, 0.2) is 24.3 Å². The zero-order chi connectivity index (χ0) is 52.2. The van der Waals surface area contributed by atoms with Crippen molar-refractivity contribution in [1.29, 1.82) is 0 Å². The number of aliphatic hydroxyl groups is 2. The third-order valence-electron chi connectivity index (χ3n) is 15.2. The van der Waals surface area contributed by atoms with Crippen LogP contribution in [-0.2, 0) is 14.3 Å². The lowest BCUT2D eigenvalue weighted by atomic mass is 10.0. The minimum atomic E-state index is -0.840. The highest BCUT2D eigenvalue weighted by Crippen LogP contribution is 2.18. The van der Waals surface area contributed by atoms with Gasteiger partial charge >= 0.3 is 5.97 Å². The van der Waals surface area contributed by atoms with Crippen LogP contribution in [0.25, 0.3) is 0 Å². The SMILES string of the molecule is CCCCCCCCC/C=C/C(O)C(CO)NC(=O)CCCCCCCCCCCCCCCC/C=C\CCCCCCCCCCCCCCOC(=O)CCCCCCCCCCCCCCCCCC. The normalized spacial score (nSPS) is 12.7. The number of rotatable bonds is 61. The topological polar surface area (TPSA) is 95.9 Å². The fourth-order valence-electron chi connectivity index (χ4n) is 10.2. The van der Waals surface area contributed by atoms with Crippen molar-refractivity contribution in [2.24, 2.45) is 0 Å². The first-order valence-corrected chi connectivity index (χ1v) is 32.6. The van der Waals surface area contributed by atoms with Gasteiger partial charge in [-0.05, 0) is 57.8 Å². The standard InChI is InChI=1S/C66H127NO5/c1-3-5-7-9-11-13-14-15-16-34-37-40-44-48-52-56-60-66(71)72-61-57-53-49-45-41-38-35-32-30-28-26-24-22-20-18-17-19-21-23-25-27-29-31-33-36-39-43-47-51-55-59-65(70)67-63(62-68)64(69)58-54-50-46-42-12-10-8-6-4-2/h18,20,54,58,63-64,68-69H,3-17,19,21-53,55-57,59-62H2,1-2H3,(H,67,70)/b20-18-,58-54+. The molecule has 2 atom stereocenters. The van der Waals surface area contributed by atoms with Crippen LogP contribution in [0.5, 0.6) is 0 Å². The smallest absolute Gasteiger partial charge is 0.305 e. The summed E-state index contributed by atoms with van der Waals surface area (Å²) >= 11 is 0. The maximum absolute atomic E-state index is 12.4. The van der Waals surface area contributed by atoms with Crippen molar-refractivity contribution in [2.45, 2.75) is 373 Å². The maximum Gasteiger partial charge on any atom is 0.305 e. The molecular formula is C66H127NO5. The summed E-state index contributed by atoms with van der Waals surface area (Å²) in [5.41, 5.74) is 0. The number of nitrogens with one attached hydrogen (secondary N) is 1. The van der Waals surface area contributed by atoms with E-state index in [1.54, 1.807) is 6.08 Å². The van der Waals surface area contributed by atoms with Crippen molar-refractivity contribution in [3.63, 3.8) is 0 Å². The van der Waals surface area contributed by atoms with Crippen molar-refractivity contribution in [1.82, 2.24) is 5.32 Å². The van der Waals surface area contributed by atoms with E-state index >= 15 is 0 Å². The quantitative estimate of drug-likeness (QED) is 0.0320. The molecule has 1 amide bonds. The number of amides is 1. The predicted octanol–water partition coefficient (Wildman–Crippen LogP) is 20.6. The van der Waals surface area contributed by atoms with Gasteiger partial charge in [0.2, 0.25) is 5.91 Å². The molecule has 2 unspecified atom stereocenters. The average Bonchev–Trinajstić information content (AvgIpc) is 3.38. The molecule has 0 saturated carbocycles. The summed E-state index contributed by atoms with van der Waals surface area (Å²) in [6.45, 7) is 4.90. The van der Waals surface area contributed by atoms with Gasteiger partial charge in [-0.1, -0.05) is 314 Å². The maximum atomic E-state index is 12.4. The molecule has 0 rings (SSSR count). The van der Waals surface area contributed by atoms with Crippen molar-refractivity contribution in [3.8, 4) is 0 Å². The summed E-state index contributed by atoms with van der Waals surface area (Å²) < 4.78 is 5.50. The second kappa shape index (κ2) is 61.9. The number of hydrogen-bond donors (Lipinski definition) is 3. The van der Waals surface area contributed by atoms with Gasteiger partial charge in [0.1, 0.15) is 0 Å². The van der Waals surface area contributed by atoms with Gasteiger partial charge < -0.3 is 20.3 Å². The summed E-state index contributed by atoms with van der Waals surface area (Å²) in [7, 11) is 0. The summed E-state index contributed by atoms with van der Waals surface area (Å²) in [4.78, 5) is 24.5. The van der Waals surface area contributed by atoms with E-state index in [2.05, 4.69) is 31.3 Å². The Morgan fingerprint density at radius 2 is 0.653 bits per heavy atom. The first kappa shape index (κ1) is 70.3.